The summed E-state index contributed by atoms with van der Waals surface area (Å²) in [6.45, 7) is 1.68. The minimum atomic E-state index is 0.266. The Bertz CT molecular complexity index is 184. The highest BCUT2D eigenvalue weighted by molar-refractivity contribution is 5.78. The predicted molar refractivity (Wildman–Crippen MR) is 45.2 cm³/mol. The standard InChI is InChI=1S/C9H15NO/c1-7(11)8-4-3-5-9(6-8)10-2/h5,8,10H,3-4,6H2,1-2H3. The lowest BCUT2D eigenvalue weighted by atomic mass is 9.89. The molecule has 0 aromatic carbocycles. The number of rotatable bonds is 2. The van der Waals surface area contributed by atoms with Crippen LogP contribution in [0.1, 0.15) is 26.2 Å². The maximum absolute atomic E-state index is 11.0. The van der Waals surface area contributed by atoms with E-state index in [9.17, 15) is 4.79 Å². The Labute approximate surface area is 67.7 Å². The van der Waals surface area contributed by atoms with Gasteiger partial charge in [0.25, 0.3) is 0 Å². The number of nitrogens with one attached hydrogen (secondary N) is 1. The first kappa shape index (κ1) is 8.31. The molecule has 0 saturated carbocycles. The molecular formula is C9H15NO. The zero-order chi connectivity index (χ0) is 8.27. The molecule has 1 atom stereocenters. The normalized spacial score (nSPS) is 24.2. The van der Waals surface area contributed by atoms with Gasteiger partial charge in [0.1, 0.15) is 5.78 Å². The molecular weight excluding hydrogens is 138 g/mol. The van der Waals surface area contributed by atoms with Crippen molar-refractivity contribution >= 4 is 5.78 Å². The first-order valence-corrected chi connectivity index (χ1v) is 4.11. The van der Waals surface area contributed by atoms with Gasteiger partial charge >= 0.3 is 0 Å². The molecule has 0 radical (unpaired) electrons. The van der Waals surface area contributed by atoms with Crippen LogP contribution in [0.2, 0.25) is 0 Å². The number of hydrogen-bond acceptors (Lipinski definition) is 2. The number of hydrogen-bond donors (Lipinski definition) is 1. The summed E-state index contributed by atoms with van der Waals surface area (Å²) in [6, 6.07) is 0. The highest BCUT2D eigenvalue weighted by Crippen LogP contribution is 2.22. The van der Waals surface area contributed by atoms with Crippen LogP contribution >= 0.6 is 0 Å². The van der Waals surface area contributed by atoms with Crippen molar-refractivity contribution < 1.29 is 4.79 Å². The first-order chi connectivity index (χ1) is 5.24. The topological polar surface area (TPSA) is 29.1 Å². The van der Waals surface area contributed by atoms with Gasteiger partial charge in [0.05, 0.1) is 0 Å². The Hall–Kier alpha value is -0.790. The summed E-state index contributed by atoms with van der Waals surface area (Å²) in [7, 11) is 1.91. The SMILES string of the molecule is CNC1=CCCC(C(C)=O)C1. The van der Waals surface area contributed by atoms with Crippen LogP contribution in [-0.2, 0) is 4.79 Å². The molecule has 1 unspecified atom stereocenters. The summed E-state index contributed by atoms with van der Waals surface area (Å²) in [5.41, 5.74) is 1.22. The van der Waals surface area contributed by atoms with E-state index in [1.54, 1.807) is 6.92 Å². The summed E-state index contributed by atoms with van der Waals surface area (Å²) in [4.78, 5) is 11.0. The molecule has 1 rings (SSSR count). The van der Waals surface area contributed by atoms with Gasteiger partial charge in [-0.25, -0.2) is 0 Å². The van der Waals surface area contributed by atoms with Gasteiger partial charge in [0.15, 0.2) is 0 Å². The van der Waals surface area contributed by atoms with Crippen LogP contribution in [0.15, 0.2) is 11.8 Å². The monoisotopic (exact) mass is 153 g/mol. The third kappa shape index (κ3) is 2.07. The Morgan fingerprint density at radius 2 is 2.45 bits per heavy atom. The van der Waals surface area contributed by atoms with E-state index in [4.69, 9.17) is 0 Å². The minimum Gasteiger partial charge on any atom is -0.392 e. The van der Waals surface area contributed by atoms with Crippen LogP contribution in [0, 0.1) is 5.92 Å². The maximum Gasteiger partial charge on any atom is 0.133 e. The molecule has 62 valence electrons. The molecule has 0 aromatic heterocycles. The second-order valence-corrected chi connectivity index (χ2v) is 3.07. The fraction of sp³-hybridized carbons (Fsp3) is 0.667. The third-order valence-corrected chi connectivity index (χ3v) is 2.27. The van der Waals surface area contributed by atoms with Crippen molar-refractivity contribution in [2.75, 3.05) is 7.05 Å². The summed E-state index contributed by atoms with van der Waals surface area (Å²) >= 11 is 0. The number of carbonyl (C=O) groups is 1. The van der Waals surface area contributed by atoms with Gasteiger partial charge in [0.2, 0.25) is 0 Å². The number of allylic oxidation sites excluding steroid dienone is 2. The van der Waals surface area contributed by atoms with Crippen molar-refractivity contribution in [3.63, 3.8) is 0 Å². The quantitative estimate of drug-likeness (QED) is 0.651. The minimum absolute atomic E-state index is 0.266. The van der Waals surface area contributed by atoms with Crippen LogP contribution in [0.25, 0.3) is 0 Å². The second kappa shape index (κ2) is 3.56. The summed E-state index contributed by atoms with van der Waals surface area (Å²) in [5, 5.41) is 3.10. The van der Waals surface area contributed by atoms with Gasteiger partial charge < -0.3 is 5.32 Å². The molecule has 1 aliphatic carbocycles. The van der Waals surface area contributed by atoms with E-state index in [0.29, 0.717) is 5.78 Å². The van der Waals surface area contributed by atoms with Crippen LogP contribution in [-0.4, -0.2) is 12.8 Å². The van der Waals surface area contributed by atoms with E-state index in [0.717, 1.165) is 19.3 Å². The lowest BCUT2D eigenvalue weighted by Gasteiger charge is -2.19. The fourth-order valence-electron chi connectivity index (χ4n) is 1.46. The molecule has 0 amide bonds. The van der Waals surface area contributed by atoms with Gasteiger partial charge in [-0.1, -0.05) is 6.08 Å². The predicted octanol–water partition coefficient (Wildman–Crippen LogP) is 1.48. The third-order valence-electron chi connectivity index (χ3n) is 2.27. The largest absolute Gasteiger partial charge is 0.392 e. The van der Waals surface area contributed by atoms with Crippen LogP contribution in [0.4, 0.5) is 0 Å². The molecule has 0 spiro atoms. The van der Waals surface area contributed by atoms with Crippen LogP contribution in [0.5, 0.6) is 0 Å². The first-order valence-electron chi connectivity index (χ1n) is 4.11. The molecule has 0 bridgehead atoms. The second-order valence-electron chi connectivity index (χ2n) is 3.07. The van der Waals surface area contributed by atoms with Gasteiger partial charge in [0, 0.05) is 18.7 Å². The Morgan fingerprint density at radius 3 is 3.00 bits per heavy atom. The molecule has 1 aliphatic rings. The van der Waals surface area contributed by atoms with Crippen LogP contribution < -0.4 is 5.32 Å². The van der Waals surface area contributed by atoms with Crippen LogP contribution in [0.3, 0.4) is 0 Å². The summed E-state index contributed by atoms with van der Waals surface area (Å²) in [5.74, 6) is 0.591. The van der Waals surface area contributed by atoms with Gasteiger partial charge in [-0.3, -0.25) is 4.79 Å². The Morgan fingerprint density at radius 1 is 1.73 bits per heavy atom. The van der Waals surface area contributed by atoms with Crippen molar-refractivity contribution in [2.45, 2.75) is 26.2 Å². The van der Waals surface area contributed by atoms with E-state index in [2.05, 4.69) is 11.4 Å². The highest BCUT2D eigenvalue weighted by atomic mass is 16.1. The summed E-state index contributed by atoms with van der Waals surface area (Å²) < 4.78 is 0. The summed E-state index contributed by atoms with van der Waals surface area (Å²) in [6.07, 6.45) is 5.16. The van der Waals surface area contributed by atoms with Gasteiger partial charge in [-0.2, -0.15) is 0 Å². The Balaban J connectivity index is 2.53. The van der Waals surface area contributed by atoms with Crippen molar-refractivity contribution in [3.8, 4) is 0 Å². The zero-order valence-electron chi connectivity index (χ0n) is 7.18. The lowest BCUT2D eigenvalue weighted by Crippen LogP contribution is -2.19. The zero-order valence-corrected chi connectivity index (χ0v) is 7.18. The molecule has 0 saturated heterocycles. The van der Waals surface area contributed by atoms with E-state index >= 15 is 0 Å². The molecule has 0 fully saturated rings. The lowest BCUT2D eigenvalue weighted by molar-refractivity contribution is -0.121. The smallest absolute Gasteiger partial charge is 0.133 e. The number of carbonyl (C=O) groups excluding carboxylic acids is 1. The fourth-order valence-corrected chi connectivity index (χ4v) is 1.46. The highest BCUT2D eigenvalue weighted by Gasteiger charge is 2.18. The molecule has 0 aliphatic heterocycles. The van der Waals surface area contributed by atoms with Gasteiger partial charge in [-0.15, -0.1) is 0 Å². The van der Waals surface area contributed by atoms with E-state index in [1.165, 1.54) is 5.70 Å². The van der Waals surface area contributed by atoms with E-state index < -0.39 is 0 Å². The van der Waals surface area contributed by atoms with E-state index in [1.807, 2.05) is 7.05 Å². The molecule has 0 aromatic rings. The van der Waals surface area contributed by atoms with Gasteiger partial charge in [-0.05, 0) is 26.2 Å². The molecule has 2 heteroatoms. The molecule has 0 heterocycles. The average Bonchev–Trinajstić information content (AvgIpc) is 2.05. The van der Waals surface area contributed by atoms with Crippen molar-refractivity contribution in [3.05, 3.63) is 11.8 Å². The Kier molecular flexibility index (Phi) is 2.69. The van der Waals surface area contributed by atoms with Crippen molar-refractivity contribution in [1.82, 2.24) is 5.32 Å². The number of ketones is 1. The van der Waals surface area contributed by atoms with E-state index in [-0.39, 0.29) is 5.92 Å². The maximum atomic E-state index is 11.0. The average molecular weight is 153 g/mol. The molecule has 11 heavy (non-hydrogen) atoms. The molecule has 1 N–H and O–H groups in total. The number of Topliss-reactive ketones (excluding diaryl/α,β-unsaturated/α-hetero) is 1. The molecule has 2 nitrogen and oxygen atoms in total. The van der Waals surface area contributed by atoms with Crippen molar-refractivity contribution in [2.24, 2.45) is 5.92 Å². The van der Waals surface area contributed by atoms with Crippen molar-refractivity contribution in [1.29, 1.82) is 0 Å².